The zero-order valence-corrected chi connectivity index (χ0v) is 13.5. The summed E-state index contributed by atoms with van der Waals surface area (Å²) < 4.78 is 0. The summed E-state index contributed by atoms with van der Waals surface area (Å²) in [7, 11) is 0. The Hall–Kier alpha value is -2.00. The zero-order valence-electron chi connectivity index (χ0n) is 13.5. The van der Waals surface area contributed by atoms with Gasteiger partial charge in [0.1, 0.15) is 0 Å². The van der Waals surface area contributed by atoms with Gasteiger partial charge in [-0.05, 0) is 56.0 Å². The van der Waals surface area contributed by atoms with Crippen molar-refractivity contribution in [1.82, 2.24) is 5.43 Å². The molecule has 0 amide bonds. The van der Waals surface area contributed by atoms with Crippen LogP contribution in [0.3, 0.4) is 0 Å². The molecule has 0 saturated carbocycles. The highest BCUT2D eigenvalue weighted by Crippen LogP contribution is 2.29. The molecule has 3 rings (SSSR count). The van der Waals surface area contributed by atoms with Crippen molar-refractivity contribution in [3.8, 4) is 0 Å². The van der Waals surface area contributed by atoms with Crippen molar-refractivity contribution in [3.05, 3.63) is 59.7 Å². The van der Waals surface area contributed by atoms with E-state index in [0.717, 1.165) is 12.2 Å². The third-order valence-corrected chi connectivity index (χ3v) is 4.22. The van der Waals surface area contributed by atoms with E-state index in [1.165, 1.54) is 36.2 Å². The first-order valence-electron chi connectivity index (χ1n) is 8.16. The Morgan fingerprint density at radius 3 is 2.68 bits per heavy atom. The summed E-state index contributed by atoms with van der Waals surface area (Å²) in [6.45, 7) is 6.55. The number of hydrazine groups is 1. The molecule has 1 aliphatic heterocycles. The summed E-state index contributed by atoms with van der Waals surface area (Å²) in [5.74, 6) is 0. The van der Waals surface area contributed by atoms with E-state index < -0.39 is 0 Å². The molecule has 3 nitrogen and oxygen atoms in total. The highest BCUT2D eigenvalue weighted by molar-refractivity contribution is 5.57. The number of nitrogens with one attached hydrogen (secondary N) is 2. The van der Waals surface area contributed by atoms with Crippen molar-refractivity contribution in [2.75, 3.05) is 16.9 Å². The first-order valence-corrected chi connectivity index (χ1v) is 8.16. The topological polar surface area (TPSA) is 27.3 Å². The minimum Gasteiger partial charge on any atom is -0.369 e. The Labute approximate surface area is 133 Å². The van der Waals surface area contributed by atoms with Crippen molar-refractivity contribution >= 4 is 11.4 Å². The van der Waals surface area contributed by atoms with Crippen LogP contribution >= 0.6 is 0 Å². The maximum atomic E-state index is 3.30. The van der Waals surface area contributed by atoms with Crippen LogP contribution in [0.4, 0.5) is 11.4 Å². The first kappa shape index (κ1) is 14.9. The number of rotatable bonds is 5. The van der Waals surface area contributed by atoms with Crippen molar-refractivity contribution in [3.63, 3.8) is 0 Å². The summed E-state index contributed by atoms with van der Waals surface area (Å²) in [6.07, 6.45) is 2.45. The summed E-state index contributed by atoms with van der Waals surface area (Å²) in [5.41, 5.74) is 11.9. The number of anilines is 2. The van der Waals surface area contributed by atoms with E-state index in [2.05, 4.69) is 59.9 Å². The first-order chi connectivity index (χ1) is 10.7. The molecule has 0 radical (unpaired) electrons. The third-order valence-electron chi connectivity index (χ3n) is 4.22. The molecule has 0 unspecified atom stereocenters. The monoisotopic (exact) mass is 295 g/mol. The van der Waals surface area contributed by atoms with Gasteiger partial charge in [-0.3, -0.25) is 0 Å². The van der Waals surface area contributed by atoms with Crippen LogP contribution in [0.2, 0.25) is 0 Å². The fourth-order valence-corrected chi connectivity index (χ4v) is 3.10. The van der Waals surface area contributed by atoms with Gasteiger partial charge in [-0.25, -0.2) is 5.43 Å². The van der Waals surface area contributed by atoms with Crippen LogP contribution in [0.1, 0.15) is 31.4 Å². The van der Waals surface area contributed by atoms with Gasteiger partial charge >= 0.3 is 0 Å². The van der Waals surface area contributed by atoms with Crippen LogP contribution in [-0.4, -0.2) is 12.6 Å². The van der Waals surface area contributed by atoms with Gasteiger partial charge in [0.25, 0.3) is 0 Å². The lowest BCUT2D eigenvalue weighted by Crippen LogP contribution is -2.35. The molecule has 0 spiro atoms. The molecule has 0 saturated heterocycles. The minimum atomic E-state index is 0.572. The molecule has 2 N–H and O–H groups in total. The number of hydrogen-bond acceptors (Lipinski definition) is 3. The third kappa shape index (κ3) is 3.42. The number of hydrogen-bond donors (Lipinski definition) is 2. The number of nitrogens with zero attached hydrogens (tertiary/aromatic N) is 1. The molecule has 0 aliphatic carbocycles. The van der Waals surface area contributed by atoms with Crippen molar-refractivity contribution in [2.45, 2.75) is 39.3 Å². The van der Waals surface area contributed by atoms with E-state index in [1.54, 1.807) is 0 Å². The van der Waals surface area contributed by atoms with Crippen LogP contribution in [0, 0.1) is 0 Å². The van der Waals surface area contributed by atoms with Crippen molar-refractivity contribution in [2.24, 2.45) is 0 Å². The molecule has 0 atom stereocenters. The second kappa shape index (κ2) is 6.84. The molecule has 0 aromatic heterocycles. The Morgan fingerprint density at radius 2 is 1.91 bits per heavy atom. The van der Waals surface area contributed by atoms with E-state index in [4.69, 9.17) is 0 Å². The molecule has 116 valence electrons. The normalized spacial score (nSPS) is 14.0. The van der Waals surface area contributed by atoms with Gasteiger partial charge in [-0.2, -0.15) is 0 Å². The average molecular weight is 295 g/mol. The highest BCUT2D eigenvalue weighted by atomic mass is 15.3. The van der Waals surface area contributed by atoms with E-state index in [9.17, 15) is 0 Å². The smallest absolute Gasteiger partial charge is 0.0487 e. The maximum Gasteiger partial charge on any atom is 0.0487 e. The van der Waals surface area contributed by atoms with E-state index in [-0.39, 0.29) is 0 Å². The van der Waals surface area contributed by atoms with Crippen LogP contribution in [0.15, 0.2) is 48.5 Å². The van der Waals surface area contributed by atoms with Crippen LogP contribution in [0.5, 0.6) is 0 Å². The van der Waals surface area contributed by atoms with Gasteiger partial charge in [0, 0.05) is 30.5 Å². The molecule has 2 aromatic rings. The molecular weight excluding hydrogens is 270 g/mol. The number of benzene rings is 2. The average Bonchev–Trinajstić information content (AvgIpc) is 2.55. The highest BCUT2D eigenvalue weighted by Gasteiger charge is 2.18. The van der Waals surface area contributed by atoms with E-state index in [0.29, 0.717) is 6.04 Å². The Morgan fingerprint density at radius 1 is 1.09 bits per heavy atom. The summed E-state index contributed by atoms with van der Waals surface area (Å²) in [4.78, 5) is 2.51. The SMILES string of the molecule is CC(C)N1CCCc2cc(CNNc3ccccc3)ccc21. The second-order valence-corrected chi connectivity index (χ2v) is 6.20. The summed E-state index contributed by atoms with van der Waals surface area (Å²) >= 11 is 0. The van der Waals surface area contributed by atoms with Gasteiger partial charge in [-0.15, -0.1) is 0 Å². The Kier molecular flexibility index (Phi) is 4.64. The largest absolute Gasteiger partial charge is 0.369 e. The predicted molar refractivity (Wildman–Crippen MR) is 94.1 cm³/mol. The second-order valence-electron chi connectivity index (χ2n) is 6.20. The van der Waals surface area contributed by atoms with Gasteiger partial charge in [0.2, 0.25) is 0 Å². The fourth-order valence-electron chi connectivity index (χ4n) is 3.10. The number of fused-ring (bicyclic) bond motifs is 1. The van der Waals surface area contributed by atoms with E-state index in [1.807, 2.05) is 18.2 Å². The van der Waals surface area contributed by atoms with Crippen LogP contribution in [-0.2, 0) is 13.0 Å². The van der Waals surface area contributed by atoms with E-state index >= 15 is 0 Å². The Bertz CT molecular complexity index is 607. The van der Waals surface area contributed by atoms with Gasteiger partial charge in [0.05, 0.1) is 0 Å². The summed E-state index contributed by atoms with van der Waals surface area (Å²) in [5, 5.41) is 0. The lowest BCUT2D eigenvalue weighted by molar-refractivity contribution is 0.624. The summed E-state index contributed by atoms with van der Waals surface area (Å²) in [6, 6.07) is 17.6. The molecule has 0 fully saturated rings. The van der Waals surface area contributed by atoms with Crippen molar-refractivity contribution < 1.29 is 0 Å². The lowest BCUT2D eigenvalue weighted by atomic mass is 9.98. The molecular formula is C19H25N3. The maximum absolute atomic E-state index is 3.30. The Balaban J connectivity index is 1.64. The number of para-hydroxylation sites is 1. The van der Waals surface area contributed by atoms with Crippen molar-refractivity contribution in [1.29, 1.82) is 0 Å². The van der Waals surface area contributed by atoms with Gasteiger partial charge in [-0.1, -0.05) is 30.3 Å². The zero-order chi connectivity index (χ0) is 15.4. The molecule has 2 aromatic carbocycles. The quantitative estimate of drug-likeness (QED) is 0.818. The number of aryl methyl sites for hydroxylation is 1. The predicted octanol–water partition coefficient (Wildman–Crippen LogP) is 3.96. The van der Waals surface area contributed by atoms with Gasteiger partial charge in [0.15, 0.2) is 0 Å². The fraction of sp³-hybridized carbons (Fsp3) is 0.368. The molecule has 3 heteroatoms. The van der Waals surface area contributed by atoms with Crippen LogP contribution < -0.4 is 15.8 Å². The molecule has 22 heavy (non-hydrogen) atoms. The minimum absolute atomic E-state index is 0.572. The standard InChI is InChI=1S/C19H25N3/c1-15(2)22-12-6-7-17-13-16(10-11-19(17)22)14-20-21-18-8-4-3-5-9-18/h3-5,8-11,13,15,20-21H,6-7,12,14H2,1-2H3. The molecule has 1 aliphatic rings. The van der Waals surface area contributed by atoms with Gasteiger partial charge < -0.3 is 10.3 Å². The van der Waals surface area contributed by atoms with Crippen LogP contribution in [0.25, 0.3) is 0 Å². The lowest BCUT2D eigenvalue weighted by Gasteiger charge is -2.35. The molecule has 0 bridgehead atoms. The molecule has 1 heterocycles.